The van der Waals surface area contributed by atoms with Crippen molar-refractivity contribution in [2.45, 2.75) is 50.6 Å². The molecule has 0 aliphatic carbocycles. The molecule has 0 bridgehead atoms. The molecule has 9 nitrogen and oxygen atoms in total. The number of rotatable bonds is 7. The third-order valence-corrected chi connectivity index (χ3v) is 7.05. The van der Waals surface area contributed by atoms with Crippen LogP contribution in [0, 0.1) is 13.8 Å². The molecule has 2 heterocycles. The van der Waals surface area contributed by atoms with E-state index < -0.39 is 16.1 Å². The molecule has 1 aromatic heterocycles. The predicted octanol–water partition coefficient (Wildman–Crippen LogP) is 2.34. The van der Waals surface area contributed by atoms with Gasteiger partial charge in [-0.05, 0) is 51.8 Å². The molecule has 0 spiro atoms. The van der Waals surface area contributed by atoms with Crippen LogP contribution >= 0.6 is 0 Å². The summed E-state index contributed by atoms with van der Waals surface area (Å²) in [6.07, 6.45) is 1.55. The lowest BCUT2D eigenvalue weighted by atomic mass is 10.0. The van der Waals surface area contributed by atoms with E-state index in [1.807, 2.05) is 6.07 Å². The van der Waals surface area contributed by atoms with E-state index in [1.165, 1.54) is 13.8 Å². The van der Waals surface area contributed by atoms with Gasteiger partial charge < -0.3 is 18.9 Å². The standard InChI is InChI=1S/C20H27N3O6S/c1-12-19(14(3)29-21-12)30(25,26)22-13(2)20(24)23-10-6-7-17(23)16-11-15(27-4)8-9-18(16)28-5/h8-9,11,13,17,22H,6-7,10H2,1-5H3/t13-,17?/m0/s1. The summed E-state index contributed by atoms with van der Waals surface area (Å²) in [5, 5.41) is 3.68. The van der Waals surface area contributed by atoms with Crippen LogP contribution in [-0.4, -0.2) is 51.2 Å². The van der Waals surface area contributed by atoms with Crippen molar-refractivity contribution in [2.75, 3.05) is 20.8 Å². The van der Waals surface area contributed by atoms with Gasteiger partial charge in [0.05, 0.1) is 26.3 Å². The Kier molecular flexibility index (Phi) is 6.37. The summed E-state index contributed by atoms with van der Waals surface area (Å²) in [5.74, 6) is 1.19. The van der Waals surface area contributed by atoms with Crippen LogP contribution in [0.15, 0.2) is 27.6 Å². The van der Waals surface area contributed by atoms with E-state index in [9.17, 15) is 13.2 Å². The first-order chi connectivity index (χ1) is 14.2. The molecule has 1 N–H and O–H groups in total. The highest BCUT2D eigenvalue weighted by Gasteiger charge is 2.36. The molecule has 1 fully saturated rings. The first kappa shape index (κ1) is 22.1. The second kappa shape index (κ2) is 8.65. The van der Waals surface area contributed by atoms with E-state index in [1.54, 1.807) is 38.2 Å². The Hall–Kier alpha value is -2.59. The zero-order chi connectivity index (χ0) is 22.1. The highest BCUT2D eigenvalue weighted by molar-refractivity contribution is 7.89. The van der Waals surface area contributed by atoms with Gasteiger partial charge in [-0.15, -0.1) is 0 Å². The molecule has 1 saturated heterocycles. The third kappa shape index (κ3) is 4.15. The molecule has 1 aromatic carbocycles. The maximum Gasteiger partial charge on any atom is 0.246 e. The van der Waals surface area contributed by atoms with Gasteiger partial charge in [0.2, 0.25) is 15.9 Å². The first-order valence-corrected chi connectivity index (χ1v) is 11.2. The van der Waals surface area contributed by atoms with Crippen molar-refractivity contribution < 1.29 is 27.2 Å². The Bertz CT molecular complexity index is 1010. The Morgan fingerprint density at radius 2 is 2.03 bits per heavy atom. The van der Waals surface area contributed by atoms with Crippen LogP contribution in [0.3, 0.4) is 0 Å². The number of ether oxygens (including phenoxy) is 2. The van der Waals surface area contributed by atoms with Gasteiger partial charge in [-0.2, -0.15) is 4.72 Å². The summed E-state index contributed by atoms with van der Waals surface area (Å²) in [7, 11) is -0.802. The number of aromatic nitrogens is 1. The Morgan fingerprint density at radius 1 is 1.30 bits per heavy atom. The molecule has 10 heteroatoms. The summed E-state index contributed by atoms with van der Waals surface area (Å²) in [5.41, 5.74) is 1.09. The van der Waals surface area contributed by atoms with Crippen molar-refractivity contribution in [2.24, 2.45) is 0 Å². The summed E-state index contributed by atoms with van der Waals surface area (Å²) >= 11 is 0. The van der Waals surface area contributed by atoms with Crippen molar-refractivity contribution in [3.8, 4) is 11.5 Å². The molecule has 1 amide bonds. The molecule has 0 radical (unpaired) electrons. The van der Waals surface area contributed by atoms with Crippen molar-refractivity contribution in [3.63, 3.8) is 0 Å². The average Bonchev–Trinajstić information content (AvgIpc) is 3.33. The first-order valence-electron chi connectivity index (χ1n) is 9.67. The van der Waals surface area contributed by atoms with Crippen LogP contribution in [0.25, 0.3) is 0 Å². The van der Waals surface area contributed by atoms with Gasteiger partial charge in [-0.25, -0.2) is 8.42 Å². The molecule has 0 saturated carbocycles. The maximum absolute atomic E-state index is 13.2. The monoisotopic (exact) mass is 437 g/mol. The Morgan fingerprint density at radius 3 is 2.63 bits per heavy atom. The fourth-order valence-electron chi connectivity index (χ4n) is 3.90. The minimum Gasteiger partial charge on any atom is -0.497 e. The number of hydrogen-bond donors (Lipinski definition) is 1. The Balaban J connectivity index is 1.84. The molecule has 3 rings (SSSR count). The number of aryl methyl sites for hydroxylation is 2. The molecular weight excluding hydrogens is 410 g/mol. The molecule has 2 atom stereocenters. The summed E-state index contributed by atoms with van der Waals surface area (Å²) in [4.78, 5) is 14.8. The molecule has 164 valence electrons. The number of likely N-dealkylation sites (tertiary alicyclic amines) is 1. The molecule has 1 aliphatic heterocycles. The number of carbonyl (C=O) groups is 1. The maximum atomic E-state index is 13.2. The molecule has 2 aromatic rings. The van der Waals surface area contributed by atoms with E-state index in [2.05, 4.69) is 9.88 Å². The number of nitrogens with one attached hydrogen (secondary N) is 1. The molecule has 30 heavy (non-hydrogen) atoms. The molecule has 1 unspecified atom stereocenters. The SMILES string of the molecule is COc1ccc(OC)c(C2CCCN2C(=O)[C@H](C)NS(=O)(=O)c2c(C)noc2C)c1. The van der Waals surface area contributed by atoms with Crippen molar-refractivity contribution in [1.29, 1.82) is 0 Å². The fraction of sp³-hybridized carbons (Fsp3) is 0.500. The van der Waals surface area contributed by atoms with Crippen LogP contribution in [0.4, 0.5) is 0 Å². The van der Waals surface area contributed by atoms with E-state index >= 15 is 0 Å². The molecule has 1 aliphatic rings. The van der Waals surface area contributed by atoms with Crippen LogP contribution in [0.5, 0.6) is 11.5 Å². The summed E-state index contributed by atoms with van der Waals surface area (Å²) in [6.45, 7) is 5.13. The van der Waals surface area contributed by atoms with Gasteiger partial charge in [0, 0.05) is 12.1 Å². The quantitative estimate of drug-likeness (QED) is 0.708. The largest absolute Gasteiger partial charge is 0.497 e. The van der Waals surface area contributed by atoms with Crippen LogP contribution < -0.4 is 14.2 Å². The average molecular weight is 438 g/mol. The lowest BCUT2D eigenvalue weighted by molar-refractivity contribution is -0.133. The summed E-state index contributed by atoms with van der Waals surface area (Å²) in [6, 6.07) is 4.27. The highest BCUT2D eigenvalue weighted by atomic mass is 32.2. The number of benzene rings is 1. The van der Waals surface area contributed by atoms with E-state index in [0.717, 1.165) is 18.4 Å². The van der Waals surface area contributed by atoms with Crippen molar-refractivity contribution in [3.05, 3.63) is 35.2 Å². The zero-order valence-corrected chi connectivity index (χ0v) is 18.6. The number of hydrogen-bond acceptors (Lipinski definition) is 7. The van der Waals surface area contributed by atoms with Gasteiger partial charge in [-0.3, -0.25) is 4.79 Å². The molecular formula is C20H27N3O6S. The summed E-state index contributed by atoms with van der Waals surface area (Å²) < 4.78 is 43.8. The lowest BCUT2D eigenvalue weighted by Crippen LogP contribution is -2.46. The number of sulfonamides is 1. The second-order valence-corrected chi connectivity index (χ2v) is 8.94. The van der Waals surface area contributed by atoms with Gasteiger partial charge in [0.25, 0.3) is 0 Å². The van der Waals surface area contributed by atoms with Gasteiger partial charge >= 0.3 is 0 Å². The van der Waals surface area contributed by atoms with E-state index in [4.69, 9.17) is 14.0 Å². The fourth-order valence-corrected chi connectivity index (χ4v) is 5.43. The number of methoxy groups -OCH3 is 2. The predicted molar refractivity (Wildman–Crippen MR) is 109 cm³/mol. The second-order valence-electron chi connectivity index (χ2n) is 7.29. The topological polar surface area (TPSA) is 111 Å². The van der Waals surface area contributed by atoms with Gasteiger partial charge in [0.15, 0.2) is 5.76 Å². The van der Waals surface area contributed by atoms with Crippen molar-refractivity contribution in [1.82, 2.24) is 14.8 Å². The third-order valence-electron chi connectivity index (χ3n) is 5.27. The highest BCUT2D eigenvalue weighted by Crippen LogP contribution is 2.39. The number of amides is 1. The Labute approximate surface area is 176 Å². The van der Waals surface area contributed by atoms with Crippen LogP contribution in [0.1, 0.15) is 42.8 Å². The van der Waals surface area contributed by atoms with Crippen LogP contribution in [0.2, 0.25) is 0 Å². The number of nitrogens with zero attached hydrogens (tertiary/aromatic N) is 2. The number of carbonyl (C=O) groups excluding carboxylic acids is 1. The lowest BCUT2D eigenvalue weighted by Gasteiger charge is -2.29. The van der Waals surface area contributed by atoms with Crippen molar-refractivity contribution >= 4 is 15.9 Å². The van der Waals surface area contributed by atoms with Gasteiger partial charge in [-0.1, -0.05) is 5.16 Å². The van der Waals surface area contributed by atoms with Crippen LogP contribution in [-0.2, 0) is 14.8 Å². The minimum absolute atomic E-state index is 0.0328. The normalized spacial score (nSPS) is 17.8. The smallest absolute Gasteiger partial charge is 0.246 e. The van der Waals surface area contributed by atoms with E-state index in [-0.39, 0.29) is 28.3 Å². The van der Waals surface area contributed by atoms with Gasteiger partial charge in [0.1, 0.15) is 22.1 Å². The minimum atomic E-state index is -3.96. The zero-order valence-electron chi connectivity index (χ0n) is 17.8. The van der Waals surface area contributed by atoms with E-state index in [0.29, 0.717) is 18.0 Å².